The average molecular weight is 249 g/mol. The molecule has 1 aromatic heterocycles. The molecule has 0 saturated carbocycles. The first-order valence-corrected chi connectivity index (χ1v) is 6.10. The van der Waals surface area contributed by atoms with E-state index in [4.69, 9.17) is 0 Å². The van der Waals surface area contributed by atoms with Gasteiger partial charge in [0.2, 0.25) is 0 Å². The fraction of sp³-hybridized carbons (Fsp3) is 0.538. The summed E-state index contributed by atoms with van der Waals surface area (Å²) in [6.45, 7) is 6.25. The van der Waals surface area contributed by atoms with Crippen LogP contribution in [0, 0.1) is 0 Å². The predicted molar refractivity (Wildman–Crippen MR) is 69.7 cm³/mol. The van der Waals surface area contributed by atoms with Crippen LogP contribution in [0.2, 0.25) is 0 Å². The molecule has 0 radical (unpaired) electrons. The van der Waals surface area contributed by atoms with Crippen LogP contribution in [0.1, 0.15) is 24.2 Å². The fourth-order valence-corrected chi connectivity index (χ4v) is 2.18. The second-order valence-electron chi connectivity index (χ2n) is 5.40. The number of nitrogens with one attached hydrogen (secondary N) is 1. The van der Waals surface area contributed by atoms with Crippen LogP contribution in [-0.4, -0.2) is 40.5 Å². The molecular weight excluding hydrogens is 230 g/mol. The minimum Gasteiger partial charge on any atom is -0.336 e. The number of carbonyl (C=O) groups is 1. The average Bonchev–Trinajstić information content (AvgIpc) is 2.30. The van der Waals surface area contributed by atoms with Gasteiger partial charge in [-0.25, -0.2) is 0 Å². The summed E-state index contributed by atoms with van der Waals surface area (Å²) in [7, 11) is 1.67. The third-order valence-electron chi connectivity index (χ3n) is 3.21. The zero-order valence-corrected chi connectivity index (χ0v) is 11.1. The van der Waals surface area contributed by atoms with Crippen LogP contribution in [0.5, 0.6) is 0 Å². The van der Waals surface area contributed by atoms with E-state index in [1.165, 1.54) is 10.6 Å². The van der Waals surface area contributed by atoms with Crippen LogP contribution < -0.4 is 10.9 Å². The monoisotopic (exact) mass is 249 g/mol. The van der Waals surface area contributed by atoms with Crippen molar-refractivity contribution in [3.63, 3.8) is 0 Å². The van der Waals surface area contributed by atoms with Gasteiger partial charge in [-0.05, 0) is 19.9 Å². The third-order valence-corrected chi connectivity index (χ3v) is 3.21. The van der Waals surface area contributed by atoms with Crippen LogP contribution in [0.4, 0.5) is 0 Å². The Hall–Kier alpha value is -1.62. The number of amides is 1. The topological polar surface area (TPSA) is 54.3 Å². The van der Waals surface area contributed by atoms with Crippen molar-refractivity contribution in [3.8, 4) is 0 Å². The minimum absolute atomic E-state index is 0.0673. The molecule has 98 valence electrons. The quantitative estimate of drug-likeness (QED) is 0.774. The lowest BCUT2D eigenvalue weighted by molar-refractivity contribution is 0.0652. The van der Waals surface area contributed by atoms with Gasteiger partial charge in [0.1, 0.15) is 0 Å². The lowest BCUT2D eigenvalue weighted by Crippen LogP contribution is -2.58. The molecule has 0 spiro atoms. The number of piperazine rings is 1. The van der Waals surface area contributed by atoms with E-state index in [1.54, 1.807) is 24.2 Å². The maximum absolute atomic E-state index is 12.3. The second-order valence-corrected chi connectivity index (χ2v) is 5.40. The van der Waals surface area contributed by atoms with Crippen molar-refractivity contribution in [3.05, 3.63) is 34.2 Å². The minimum atomic E-state index is -0.157. The third kappa shape index (κ3) is 2.61. The Labute approximate surface area is 106 Å². The lowest BCUT2D eigenvalue weighted by Gasteiger charge is -2.39. The molecule has 0 atom stereocenters. The summed E-state index contributed by atoms with van der Waals surface area (Å²) >= 11 is 0. The van der Waals surface area contributed by atoms with Crippen molar-refractivity contribution in [1.29, 1.82) is 0 Å². The molecule has 1 saturated heterocycles. The molecule has 1 amide bonds. The largest absolute Gasteiger partial charge is 0.336 e. The number of hydrogen-bond donors (Lipinski definition) is 1. The van der Waals surface area contributed by atoms with Crippen molar-refractivity contribution in [2.75, 3.05) is 19.6 Å². The van der Waals surface area contributed by atoms with E-state index < -0.39 is 0 Å². The van der Waals surface area contributed by atoms with E-state index in [0.29, 0.717) is 18.7 Å². The van der Waals surface area contributed by atoms with Crippen molar-refractivity contribution >= 4 is 5.91 Å². The van der Waals surface area contributed by atoms with Gasteiger partial charge in [0.05, 0.1) is 0 Å². The van der Waals surface area contributed by atoms with Crippen LogP contribution in [0.25, 0.3) is 0 Å². The Kier molecular flexibility index (Phi) is 3.26. The molecule has 1 aromatic rings. The van der Waals surface area contributed by atoms with E-state index in [1.807, 2.05) is 0 Å². The number of carbonyl (C=O) groups excluding carboxylic acids is 1. The number of nitrogens with zero attached hydrogens (tertiary/aromatic N) is 2. The zero-order valence-electron chi connectivity index (χ0n) is 11.1. The van der Waals surface area contributed by atoms with E-state index in [0.717, 1.165) is 6.54 Å². The summed E-state index contributed by atoms with van der Waals surface area (Å²) in [6, 6.07) is 3.09. The first kappa shape index (κ1) is 12.8. The highest BCUT2D eigenvalue weighted by Gasteiger charge is 2.29. The Morgan fingerprint density at radius 3 is 2.78 bits per heavy atom. The molecular formula is C13H19N3O2. The molecule has 1 N–H and O–H groups in total. The first-order valence-electron chi connectivity index (χ1n) is 6.10. The molecule has 0 aliphatic carbocycles. The molecule has 1 aliphatic rings. The van der Waals surface area contributed by atoms with Crippen LogP contribution in [-0.2, 0) is 7.05 Å². The summed E-state index contributed by atoms with van der Waals surface area (Å²) in [5.74, 6) is -0.0673. The smallest absolute Gasteiger partial charge is 0.254 e. The predicted octanol–water partition coefficient (Wildman–Crippen LogP) is 0.209. The molecule has 18 heavy (non-hydrogen) atoms. The van der Waals surface area contributed by atoms with Gasteiger partial charge in [-0.3, -0.25) is 9.59 Å². The summed E-state index contributed by atoms with van der Waals surface area (Å²) in [6.07, 6.45) is 1.63. The summed E-state index contributed by atoms with van der Waals surface area (Å²) in [4.78, 5) is 25.6. The Morgan fingerprint density at radius 2 is 2.17 bits per heavy atom. The molecule has 2 rings (SSSR count). The molecule has 0 aromatic carbocycles. The van der Waals surface area contributed by atoms with E-state index in [9.17, 15) is 9.59 Å². The molecule has 1 aliphatic heterocycles. The van der Waals surface area contributed by atoms with Crippen molar-refractivity contribution in [1.82, 2.24) is 14.8 Å². The molecule has 0 unspecified atom stereocenters. The van der Waals surface area contributed by atoms with Crippen molar-refractivity contribution in [2.45, 2.75) is 19.4 Å². The summed E-state index contributed by atoms with van der Waals surface area (Å²) < 4.78 is 1.46. The Balaban J connectivity index is 2.20. The Morgan fingerprint density at radius 1 is 1.44 bits per heavy atom. The van der Waals surface area contributed by atoms with E-state index >= 15 is 0 Å². The SMILES string of the molecule is Cn1ccc(C(=O)N2CCNC(C)(C)C2)cc1=O. The van der Waals surface area contributed by atoms with Crippen LogP contribution in [0.15, 0.2) is 23.1 Å². The molecule has 5 nitrogen and oxygen atoms in total. The summed E-state index contributed by atoms with van der Waals surface area (Å²) in [5.41, 5.74) is 0.235. The van der Waals surface area contributed by atoms with Gasteiger partial charge in [-0.2, -0.15) is 0 Å². The molecule has 2 heterocycles. The van der Waals surface area contributed by atoms with Gasteiger partial charge in [-0.15, -0.1) is 0 Å². The van der Waals surface area contributed by atoms with Gasteiger partial charge in [0, 0.05) is 50.0 Å². The molecule has 1 fully saturated rings. The maximum atomic E-state index is 12.3. The normalized spacial score (nSPS) is 18.7. The van der Waals surface area contributed by atoms with Gasteiger partial charge < -0.3 is 14.8 Å². The Bertz CT molecular complexity index is 519. The van der Waals surface area contributed by atoms with E-state index in [-0.39, 0.29) is 17.0 Å². The van der Waals surface area contributed by atoms with Gasteiger partial charge in [0.25, 0.3) is 11.5 Å². The fourth-order valence-electron chi connectivity index (χ4n) is 2.18. The van der Waals surface area contributed by atoms with Crippen LogP contribution >= 0.6 is 0 Å². The van der Waals surface area contributed by atoms with E-state index in [2.05, 4.69) is 19.2 Å². The highest BCUT2D eigenvalue weighted by Crippen LogP contribution is 2.12. The van der Waals surface area contributed by atoms with Crippen LogP contribution in [0.3, 0.4) is 0 Å². The number of rotatable bonds is 1. The number of aromatic nitrogens is 1. The van der Waals surface area contributed by atoms with Gasteiger partial charge in [0.15, 0.2) is 0 Å². The first-order chi connectivity index (χ1) is 8.39. The summed E-state index contributed by atoms with van der Waals surface area (Å²) in [5, 5.41) is 3.36. The van der Waals surface area contributed by atoms with Crippen molar-refractivity contribution < 1.29 is 4.79 Å². The lowest BCUT2D eigenvalue weighted by atomic mass is 10.0. The maximum Gasteiger partial charge on any atom is 0.254 e. The molecule has 5 heteroatoms. The standard InChI is InChI=1S/C13H19N3O2/c1-13(2)9-16(7-5-14-13)12(18)10-4-6-15(3)11(17)8-10/h4,6,8,14H,5,7,9H2,1-3H3. The number of aryl methyl sites for hydroxylation is 1. The zero-order chi connectivity index (χ0) is 13.3. The number of hydrogen-bond acceptors (Lipinski definition) is 3. The van der Waals surface area contributed by atoms with Gasteiger partial charge >= 0.3 is 0 Å². The number of pyridine rings is 1. The highest BCUT2D eigenvalue weighted by molar-refractivity contribution is 5.94. The van der Waals surface area contributed by atoms with Gasteiger partial charge in [-0.1, -0.05) is 0 Å². The molecule has 0 bridgehead atoms. The van der Waals surface area contributed by atoms with Crippen molar-refractivity contribution in [2.24, 2.45) is 7.05 Å². The second kappa shape index (κ2) is 4.57. The highest BCUT2D eigenvalue weighted by atomic mass is 16.2.